The van der Waals surface area contributed by atoms with Crippen LogP contribution < -0.4 is 0 Å². The summed E-state index contributed by atoms with van der Waals surface area (Å²) < 4.78 is 0. The number of rotatable bonds is 1. The molecule has 0 aromatic carbocycles. The normalized spacial score (nSPS) is 5.45. The van der Waals surface area contributed by atoms with Gasteiger partial charge in [-0.15, -0.1) is 4.92 Å². The van der Waals surface area contributed by atoms with Gasteiger partial charge in [0, 0.05) is 0 Å². The van der Waals surface area contributed by atoms with Crippen molar-refractivity contribution in [3.63, 3.8) is 0 Å². The Balaban J connectivity index is -0.0000000564. The molecule has 0 aliphatic rings. The zero-order valence-corrected chi connectivity index (χ0v) is 10.6. The average Bonchev–Trinajstić information content (AvgIpc) is 1.68. The summed E-state index contributed by atoms with van der Waals surface area (Å²) >= 11 is 0. The fraction of sp³-hybridized carbons (Fsp3) is 0.571. The summed E-state index contributed by atoms with van der Waals surface area (Å²) in [7, 11) is 0. The molecule has 0 amide bonds. The topological polar surface area (TPSA) is 43.1 Å². The van der Waals surface area contributed by atoms with Crippen molar-refractivity contribution in [1.82, 2.24) is 0 Å². The van der Waals surface area contributed by atoms with Crippen molar-refractivity contribution < 1.29 is 26.0 Å². The van der Waals surface area contributed by atoms with Crippen LogP contribution in [-0.2, 0) is 21.1 Å². The second kappa shape index (κ2) is 16.4. The van der Waals surface area contributed by atoms with Crippen molar-refractivity contribution >= 4 is 0 Å². The second-order valence-electron chi connectivity index (χ2n) is 1.37. The summed E-state index contributed by atoms with van der Waals surface area (Å²) in [6.45, 7) is 7.26. The Labute approximate surface area is 83.3 Å². The van der Waals surface area contributed by atoms with Gasteiger partial charge >= 0.3 is 21.1 Å². The van der Waals surface area contributed by atoms with Crippen molar-refractivity contribution in [1.29, 1.82) is 0 Å². The Morgan fingerprint density at radius 1 is 1.36 bits per heavy atom. The number of nitro groups is 1. The van der Waals surface area contributed by atoms with Gasteiger partial charge in [0.15, 0.2) is 0 Å². The van der Waals surface area contributed by atoms with Gasteiger partial charge < -0.3 is 7.43 Å². The Kier molecular flexibility index (Phi) is 33.5. The maximum Gasteiger partial charge on any atom is 2.00 e. The Bertz CT molecular complexity index is 109. The van der Waals surface area contributed by atoms with Gasteiger partial charge in [-0.05, 0) is 0 Å². The molecule has 0 aromatic heterocycles. The molecular formula is C7H15NO2W. The van der Waals surface area contributed by atoms with Gasteiger partial charge in [0.05, 0.1) is 0 Å². The summed E-state index contributed by atoms with van der Waals surface area (Å²) in [5.74, 6) is 0. The molecule has 0 bridgehead atoms. The Morgan fingerprint density at radius 3 is 1.64 bits per heavy atom. The van der Waals surface area contributed by atoms with Gasteiger partial charge in [0.25, 0.3) is 0 Å². The molecule has 0 radical (unpaired) electrons. The van der Waals surface area contributed by atoms with Gasteiger partial charge in [-0.1, -0.05) is 33.9 Å². The monoisotopic (exact) mass is 329 g/mol. The van der Waals surface area contributed by atoms with Crippen molar-refractivity contribution in [2.75, 3.05) is 0 Å². The molecule has 11 heavy (non-hydrogen) atoms. The predicted molar refractivity (Wildman–Crippen MR) is 42.9 cm³/mol. The van der Waals surface area contributed by atoms with Crippen LogP contribution in [0.3, 0.4) is 0 Å². The number of hydrogen-bond acceptors (Lipinski definition) is 2. The third-order valence-corrected chi connectivity index (χ3v) is 0.315. The molecule has 0 saturated carbocycles. The average molecular weight is 329 g/mol. The molecule has 0 saturated heterocycles. The van der Waals surface area contributed by atoms with Crippen molar-refractivity contribution in [3.8, 4) is 0 Å². The fourth-order valence-corrected chi connectivity index (χ4v) is 0.183. The van der Waals surface area contributed by atoms with E-state index in [1.54, 1.807) is 13.8 Å². The molecule has 0 atom stereocenters. The molecule has 0 fully saturated rings. The quantitative estimate of drug-likeness (QED) is 0.321. The van der Waals surface area contributed by atoms with Crippen LogP contribution in [0.15, 0.2) is 5.57 Å². The molecule has 0 spiro atoms. The molecule has 0 aromatic rings. The third-order valence-electron chi connectivity index (χ3n) is 0.315. The zero-order chi connectivity index (χ0) is 7.86. The largest absolute Gasteiger partial charge is 2.00 e. The van der Waals surface area contributed by atoms with E-state index in [0.717, 1.165) is 0 Å². The van der Waals surface area contributed by atoms with Gasteiger partial charge in [0.2, 0.25) is 0 Å². The summed E-state index contributed by atoms with van der Waals surface area (Å²) in [6.07, 6.45) is 1.94. The van der Waals surface area contributed by atoms with Crippen LogP contribution in [0.2, 0.25) is 0 Å². The molecule has 0 rings (SSSR count). The van der Waals surface area contributed by atoms with Crippen LogP contribution in [-0.4, -0.2) is 4.92 Å². The van der Waals surface area contributed by atoms with E-state index in [4.69, 9.17) is 0 Å². The van der Waals surface area contributed by atoms with E-state index in [2.05, 4.69) is 0 Å². The van der Waals surface area contributed by atoms with E-state index in [0.29, 0.717) is 5.57 Å². The summed E-state index contributed by atoms with van der Waals surface area (Å²) in [6, 6.07) is 0. The maximum atomic E-state index is 9.48. The van der Waals surface area contributed by atoms with Gasteiger partial charge in [-0.3, -0.25) is 10.1 Å². The molecule has 0 aliphatic carbocycles. The van der Waals surface area contributed by atoms with E-state index >= 15 is 0 Å². The molecular weight excluding hydrogens is 314 g/mol. The molecule has 3 nitrogen and oxygen atoms in total. The van der Waals surface area contributed by atoms with Crippen LogP contribution >= 0.6 is 0 Å². The first-order chi connectivity index (χ1) is 4.13. The number of allylic oxidation sites excluding steroid dienone is 1. The zero-order valence-electron chi connectivity index (χ0n) is 7.67. The standard InChI is InChI=1S/C4H6NO2.C2H6.CH3.W/c1-4(2)3-5(6)7;1-2;;/h1-2H3;1-2H3;1H3;/q-1;;-1;+2. The fourth-order valence-electron chi connectivity index (χ4n) is 0.183. The van der Waals surface area contributed by atoms with Crippen molar-refractivity contribution in [2.24, 2.45) is 0 Å². The predicted octanol–water partition coefficient (Wildman–Crippen LogP) is 2.46. The van der Waals surface area contributed by atoms with Gasteiger partial charge in [-0.2, -0.15) is 5.57 Å². The van der Waals surface area contributed by atoms with Crippen LogP contribution in [0.4, 0.5) is 0 Å². The van der Waals surface area contributed by atoms with Crippen LogP contribution in [0.5, 0.6) is 0 Å². The molecule has 0 unspecified atom stereocenters. The van der Waals surface area contributed by atoms with E-state index in [1.165, 1.54) is 0 Å². The summed E-state index contributed by atoms with van der Waals surface area (Å²) in [4.78, 5) is 8.90. The van der Waals surface area contributed by atoms with Crippen LogP contribution in [0, 0.1) is 23.7 Å². The number of hydrogen-bond donors (Lipinski definition) is 0. The second-order valence-corrected chi connectivity index (χ2v) is 1.37. The van der Waals surface area contributed by atoms with E-state index in [9.17, 15) is 10.1 Å². The van der Waals surface area contributed by atoms with Gasteiger partial charge in [0.1, 0.15) is 0 Å². The molecule has 4 heteroatoms. The minimum absolute atomic E-state index is 0. The minimum Gasteiger partial charge on any atom is -0.358 e. The minimum atomic E-state index is -0.588. The van der Waals surface area contributed by atoms with E-state index in [-0.39, 0.29) is 28.5 Å². The van der Waals surface area contributed by atoms with Crippen LogP contribution in [0.25, 0.3) is 0 Å². The van der Waals surface area contributed by atoms with E-state index < -0.39 is 4.92 Å². The number of nitrogens with zero attached hydrogens (tertiary/aromatic N) is 1. The molecule has 0 heterocycles. The Hall–Kier alpha value is -0.172. The first-order valence-electron chi connectivity index (χ1n) is 2.84. The first-order valence-corrected chi connectivity index (χ1v) is 2.84. The first kappa shape index (κ1) is 22.4. The molecule has 0 aliphatic heterocycles. The molecule has 66 valence electrons. The SMILES string of the molecule is CC.CC(C)=[C-][N+](=O)[O-].[CH3-].[W+2]. The smallest absolute Gasteiger partial charge is 0.358 e. The summed E-state index contributed by atoms with van der Waals surface area (Å²) in [5.41, 5.74) is 0.588. The van der Waals surface area contributed by atoms with E-state index in [1.807, 2.05) is 20.0 Å². The van der Waals surface area contributed by atoms with Crippen molar-refractivity contribution in [2.45, 2.75) is 27.7 Å². The van der Waals surface area contributed by atoms with Gasteiger partial charge in [-0.25, -0.2) is 0 Å². The molecule has 0 N–H and O–H groups in total. The maximum absolute atomic E-state index is 9.48. The third kappa shape index (κ3) is 41.1. The van der Waals surface area contributed by atoms with Crippen molar-refractivity contribution in [3.05, 3.63) is 29.3 Å². The summed E-state index contributed by atoms with van der Waals surface area (Å²) in [5, 5.41) is 9.48. The van der Waals surface area contributed by atoms with Crippen LogP contribution in [0.1, 0.15) is 27.7 Å². The Morgan fingerprint density at radius 2 is 1.64 bits per heavy atom.